The molecule has 0 radical (unpaired) electrons. The summed E-state index contributed by atoms with van der Waals surface area (Å²) in [6.07, 6.45) is 21.5. The zero-order valence-electron chi connectivity index (χ0n) is 14.9. The Morgan fingerprint density at radius 3 is 1.45 bits per heavy atom. The van der Waals surface area contributed by atoms with E-state index in [-0.39, 0.29) is 0 Å². The van der Waals surface area contributed by atoms with E-state index in [1.54, 1.807) is 0 Å². The van der Waals surface area contributed by atoms with Crippen LogP contribution in [0.5, 0.6) is 0 Å². The summed E-state index contributed by atoms with van der Waals surface area (Å²) in [5.41, 5.74) is 0. The summed E-state index contributed by atoms with van der Waals surface area (Å²) in [6.45, 7) is 7.08. The molecule has 0 amide bonds. The highest BCUT2D eigenvalue weighted by atomic mass is 32.2. The van der Waals surface area contributed by atoms with E-state index in [4.69, 9.17) is 0 Å². The minimum atomic E-state index is 0.663. The molecule has 0 aliphatic carbocycles. The Bertz CT molecular complexity index is 179. The Kier molecular flexibility index (Phi) is 16.0. The maximum Gasteiger partial charge on any atom is 0.115 e. The molecule has 122 valence electrons. The highest BCUT2D eigenvalue weighted by Crippen LogP contribution is 2.15. The van der Waals surface area contributed by atoms with E-state index in [9.17, 15) is 0 Å². The molecule has 0 heterocycles. The Balaban J connectivity index is 3.10. The average Bonchev–Trinajstić information content (AvgIpc) is 2.47. The lowest BCUT2D eigenvalue weighted by Gasteiger charge is -2.10. The van der Waals surface area contributed by atoms with Gasteiger partial charge in [-0.1, -0.05) is 77.6 Å². The molecule has 0 N–H and O–H groups in total. The summed E-state index contributed by atoms with van der Waals surface area (Å²) in [6, 6.07) is 0. The molecule has 2 atom stereocenters. The Morgan fingerprint density at radius 2 is 1.05 bits per heavy atom. The van der Waals surface area contributed by atoms with E-state index in [0.29, 0.717) is 10.9 Å². The summed E-state index contributed by atoms with van der Waals surface area (Å²) < 4.78 is 0. The van der Waals surface area contributed by atoms with Crippen molar-refractivity contribution in [3.05, 3.63) is 0 Å². The van der Waals surface area contributed by atoms with Crippen molar-refractivity contribution in [1.82, 2.24) is 0 Å². The fourth-order valence-electron chi connectivity index (χ4n) is 2.76. The number of unbranched alkanes of at least 4 members (excludes halogenated alkanes) is 11. The first kappa shape index (κ1) is 20.3. The lowest BCUT2D eigenvalue weighted by Crippen LogP contribution is -2.18. The van der Waals surface area contributed by atoms with Crippen LogP contribution in [0.25, 0.3) is 0 Å². The molecule has 0 saturated heterocycles. The van der Waals surface area contributed by atoms with Gasteiger partial charge in [0.1, 0.15) is 11.0 Å². The highest BCUT2D eigenvalue weighted by molar-refractivity contribution is 7.96. The molecule has 0 bridgehead atoms. The van der Waals surface area contributed by atoms with E-state index < -0.39 is 0 Å². The molecule has 0 aliphatic heterocycles. The van der Waals surface area contributed by atoms with E-state index in [1.165, 1.54) is 89.2 Å². The van der Waals surface area contributed by atoms with Crippen LogP contribution in [0.4, 0.5) is 0 Å². The fourth-order valence-corrected chi connectivity index (χ4v) is 3.90. The van der Waals surface area contributed by atoms with Crippen molar-refractivity contribution >= 4 is 10.9 Å². The first-order valence-corrected chi connectivity index (χ1v) is 11.2. The van der Waals surface area contributed by atoms with Crippen LogP contribution in [0.15, 0.2) is 0 Å². The van der Waals surface area contributed by atoms with Gasteiger partial charge in [-0.05, 0) is 37.6 Å². The summed E-state index contributed by atoms with van der Waals surface area (Å²) in [4.78, 5) is 0. The molecule has 0 aromatic rings. The van der Waals surface area contributed by atoms with Crippen molar-refractivity contribution < 1.29 is 0 Å². The molecule has 2 unspecified atom stereocenters. The van der Waals surface area contributed by atoms with Crippen molar-refractivity contribution in [2.24, 2.45) is 0 Å². The van der Waals surface area contributed by atoms with Gasteiger partial charge in [-0.25, -0.2) is 0 Å². The predicted octanol–water partition coefficient (Wildman–Crippen LogP) is 6.73. The van der Waals surface area contributed by atoms with Gasteiger partial charge in [-0.3, -0.25) is 0 Å². The molecule has 20 heavy (non-hydrogen) atoms. The van der Waals surface area contributed by atoms with Gasteiger partial charge in [-0.15, -0.1) is 0 Å². The van der Waals surface area contributed by atoms with Gasteiger partial charge in [0.15, 0.2) is 0 Å². The largest absolute Gasteiger partial charge is 0.115 e. The summed E-state index contributed by atoms with van der Waals surface area (Å²) in [5.74, 6) is 1.37. The van der Waals surface area contributed by atoms with Crippen LogP contribution in [0.2, 0.25) is 0 Å². The minimum absolute atomic E-state index is 0.663. The number of hydrogen-bond acceptors (Lipinski definition) is 0. The second-order valence-electron chi connectivity index (χ2n) is 6.47. The van der Waals surface area contributed by atoms with Gasteiger partial charge in [-0.2, -0.15) is 0 Å². The third-order valence-electron chi connectivity index (χ3n) is 4.61. The van der Waals surface area contributed by atoms with Crippen LogP contribution in [0.3, 0.4) is 0 Å². The van der Waals surface area contributed by atoms with Gasteiger partial charge >= 0.3 is 0 Å². The van der Waals surface area contributed by atoms with Crippen LogP contribution >= 0.6 is 0 Å². The topological polar surface area (TPSA) is 0 Å². The second-order valence-corrected chi connectivity index (χ2v) is 9.23. The van der Waals surface area contributed by atoms with E-state index in [0.717, 1.165) is 5.25 Å². The molecule has 0 nitrogen and oxygen atoms in total. The maximum absolute atomic E-state index is 2.45. The summed E-state index contributed by atoms with van der Waals surface area (Å²) in [7, 11) is 0.663. The Hall–Kier alpha value is 0.350. The molecule has 0 spiro atoms. The molecule has 1 heteroatoms. The third-order valence-corrected chi connectivity index (χ3v) is 7.13. The third kappa shape index (κ3) is 13.3. The minimum Gasteiger partial charge on any atom is -0.0654 e. The molecule has 0 aliphatic rings. The standard InChI is InChI=1S/C19H41S/c1-5-7-8-9-10-11-12-13-14-15-16-17-18-19(3)20(4)6-2/h19H,5-18H2,1-4H3/q+1. The lowest BCUT2D eigenvalue weighted by atomic mass is 10.0. The van der Waals surface area contributed by atoms with Crippen LogP contribution < -0.4 is 0 Å². The lowest BCUT2D eigenvalue weighted by molar-refractivity contribution is 0.539. The molecular weight excluding hydrogens is 260 g/mol. The van der Waals surface area contributed by atoms with E-state index in [1.807, 2.05) is 0 Å². The summed E-state index contributed by atoms with van der Waals surface area (Å²) in [5, 5.41) is 0.961. The van der Waals surface area contributed by atoms with Crippen molar-refractivity contribution in [3.8, 4) is 0 Å². The van der Waals surface area contributed by atoms with Crippen LogP contribution in [0, 0.1) is 0 Å². The average molecular weight is 302 g/mol. The number of rotatable bonds is 15. The van der Waals surface area contributed by atoms with Gasteiger partial charge in [0.2, 0.25) is 0 Å². The normalized spacial score (nSPS) is 14.4. The monoisotopic (exact) mass is 301 g/mol. The quantitative estimate of drug-likeness (QED) is 0.232. The Morgan fingerprint density at radius 1 is 0.650 bits per heavy atom. The zero-order valence-corrected chi connectivity index (χ0v) is 15.7. The Labute approximate surface area is 132 Å². The zero-order chi connectivity index (χ0) is 15.1. The molecule has 0 rings (SSSR count). The maximum atomic E-state index is 2.45. The second kappa shape index (κ2) is 15.7. The SMILES string of the molecule is CCCCCCCCCCCCCCC(C)[S+](C)CC. The molecule has 0 fully saturated rings. The van der Waals surface area contributed by atoms with Gasteiger partial charge in [0.25, 0.3) is 0 Å². The van der Waals surface area contributed by atoms with Crippen molar-refractivity contribution in [3.63, 3.8) is 0 Å². The van der Waals surface area contributed by atoms with Gasteiger partial charge < -0.3 is 0 Å². The summed E-state index contributed by atoms with van der Waals surface area (Å²) >= 11 is 0. The van der Waals surface area contributed by atoms with Crippen molar-refractivity contribution in [2.45, 2.75) is 109 Å². The molecule has 0 saturated carbocycles. The first-order valence-electron chi connectivity index (χ1n) is 9.33. The van der Waals surface area contributed by atoms with Crippen LogP contribution in [0.1, 0.15) is 104 Å². The molecule has 0 aromatic heterocycles. The van der Waals surface area contributed by atoms with Gasteiger partial charge in [0, 0.05) is 0 Å². The molecule has 0 aromatic carbocycles. The van der Waals surface area contributed by atoms with Crippen molar-refractivity contribution in [1.29, 1.82) is 0 Å². The predicted molar refractivity (Wildman–Crippen MR) is 99.0 cm³/mol. The first-order chi connectivity index (χ1) is 9.72. The van der Waals surface area contributed by atoms with Gasteiger partial charge in [0.05, 0.1) is 6.26 Å². The van der Waals surface area contributed by atoms with Crippen LogP contribution in [-0.4, -0.2) is 17.3 Å². The number of hydrogen-bond donors (Lipinski definition) is 0. The highest BCUT2D eigenvalue weighted by Gasteiger charge is 2.17. The van der Waals surface area contributed by atoms with Crippen molar-refractivity contribution in [2.75, 3.05) is 12.0 Å². The van der Waals surface area contributed by atoms with Crippen LogP contribution in [-0.2, 0) is 10.9 Å². The molecular formula is C19H41S+. The fraction of sp³-hybridized carbons (Fsp3) is 1.00. The smallest absolute Gasteiger partial charge is 0.0654 e. The van der Waals surface area contributed by atoms with E-state index in [2.05, 4.69) is 27.0 Å². The van der Waals surface area contributed by atoms with E-state index >= 15 is 0 Å².